The van der Waals surface area contributed by atoms with E-state index in [2.05, 4.69) is 0 Å². The first kappa shape index (κ1) is 25.5. The minimum atomic E-state index is -0.888. The molecule has 2 fully saturated rings. The maximum atomic E-state index is 13.5. The minimum absolute atomic E-state index is 0.0337. The Bertz CT molecular complexity index is 1180. The molecular formula is C29H34FNO6. The summed E-state index contributed by atoms with van der Waals surface area (Å²) in [5, 5.41) is 19.8. The number of fused-ring (bicyclic) bond motifs is 3. The number of carbonyl (C=O) groups is 2. The lowest BCUT2D eigenvalue weighted by Crippen LogP contribution is -2.56. The van der Waals surface area contributed by atoms with E-state index in [9.17, 15) is 24.2 Å². The smallest absolute Gasteiger partial charge is 0.303 e. The fourth-order valence-corrected chi connectivity index (χ4v) is 6.32. The van der Waals surface area contributed by atoms with Crippen LogP contribution < -0.4 is 4.74 Å². The lowest BCUT2D eigenvalue weighted by Gasteiger charge is -2.55. The van der Waals surface area contributed by atoms with E-state index in [-0.39, 0.29) is 41.3 Å². The third-order valence-electron chi connectivity index (χ3n) is 8.57. The van der Waals surface area contributed by atoms with Crippen molar-refractivity contribution in [2.75, 3.05) is 19.7 Å². The molecule has 2 N–H and O–H groups in total. The molecule has 2 saturated heterocycles. The number of ether oxygens (including phenoxy) is 2. The standard InChI is InChI=1S/C29H34FNO6/c1-28(11-10-25(34)35)22-17-29(18-36-26(22)21-6-3-7-23(32)27(21)37-28)12-14-31(15-13-29)24(33)9-8-19-4-2-5-20(30)16-19/h2-7,16,22,26,32H,8-15,17-18H2,1H3,(H,34,35)/t22-,26+,28+/m1/s1. The zero-order valence-electron chi connectivity index (χ0n) is 21.1. The van der Waals surface area contributed by atoms with Crippen LogP contribution >= 0.6 is 0 Å². The second-order valence-corrected chi connectivity index (χ2v) is 11.1. The molecule has 5 rings (SSSR count). The van der Waals surface area contributed by atoms with Crippen molar-refractivity contribution >= 4 is 11.9 Å². The Morgan fingerprint density at radius 1 is 1.14 bits per heavy atom. The molecule has 0 unspecified atom stereocenters. The van der Waals surface area contributed by atoms with E-state index in [0.29, 0.717) is 44.7 Å². The van der Waals surface area contributed by atoms with Gasteiger partial charge in [-0.2, -0.15) is 0 Å². The fraction of sp³-hybridized carbons (Fsp3) is 0.517. The summed E-state index contributed by atoms with van der Waals surface area (Å²) < 4.78 is 26.3. The molecule has 0 saturated carbocycles. The van der Waals surface area contributed by atoms with Gasteiger partial charge in [-0.15, -0.1) is 0 Å². The highest BCUT2D eigenvalue weighted by Crippen LogP contribution is 2.58. The highest BCUT2D eigenvalue weighted by molar-refractivity contribution is 5.76. The predicted molar refractivity (Wildman–Crippen MR) is 134 cm³/mol. The van der Waals surface area contributed by atoms with Crippen LogP contribution in [-0.4, -0.2) is 52.3 Å². The molecule has 0 aromatic heterocycles. The predicted octanol–water partition coefficient (Wildman–Crippen LogP) is 4.87. The van der Waals surface area contributed by atoms with Crippen LogP contribution in [0.3, 0.4) is 0 Å². The molecule has 3 heterocycles. The number of amides is 1. The van der Waals surface area contributed by atoms with E-state index in [1.807, 2.05) is 24.0 Å². The van der Waals surface area contributed by atoms with E-state index < -0.39 is 11.6 Å². The third kappa shape index (κ3) is 5.17. The lowest BCUT2D eigenvalue weighted by molar-refractivity contribution is -0.183. The Hall–Kier alpha value is -3.13. The molecule has 0 radical (unpaired) electrons. The number of carboxylic acids is 1. The van der Waals surface area contributed by atoms with E-state index in [4.69, 9.17) is 9.47 Å². The molecule has 37 heavy (non-hydrogen) atoms. The van der Waals surface area contributed by atoms with Gasteiger partial charge < -0.3 is 24.6 Å². The van der Waals surface area contributed by atoms with Gasteiger partial charge in [-0.05, 0) is 68.2 Å². The first-order valence-corrected chi connectivity index (χ1v) is 13.0. The zero-order valence-corrected chi connectivity index (χ0v) is 21.1. The Balaban J connectivity index is 1.27. The topological polar surface area (TPSA) is 96.3 Å². The van der Waals surface area contributed by atoms with Crippen LogP contribution in [0.2, 0.25) is 0 Å². The maximum absolute atomic E-state index is 13.5. The number of carboxylic acid groups (broad SMARTS) is 1. The summed E-state index contributed by atoms with van der Waals surface area (Å²) in [5.41, 5.74) is 0.693. The molecule has 3 aliphatic rings. The largest absolute Gasteiger partial charge is 0.504 e. The van der Waals surface area contributed by atoms with Crippen molar-refractivity contribution in [3.63, 3.8) is 0 Å². The average molecular weight is 512 g/mol. The summed E-state index contributed by atoms with van der Waals surface area (Å²) in [6.45, 7) is 3.74. The summed E-state index contributed by atoms with van der Waals surface area (Å²) >= 11 is 0. The van der Waals surface area contributed by atoms with Gasteiger partial charge in [-0.1, -0.05) is 24.3 Å². The van der Waals surface area contributed by atoms with Gasteiger partial charge in [0, 0.05) is 37.4 Å². The van der Waals surface area contributed by atoms with Crippen molar-refractivity contribution in [1.82, 2.24) is 4.90 Å². The fourth-order valence-electron chi connectivity index (χ4n) is 6.32. The number of hydrogen-bond donors (Lipinski definition) is 2. The number of halogens is 1. The molecule has 8 heteroatoms. The van der Waals surface area contributed by atoms with Crippen molar-refractivity contribution in [3.05, 3.63) is 59.4 Å². The number of hydrogen-bond acceptors (Lipinski definition) is 5. The number of nitrogens with zero attached hydrogens (tertiary/aromatic N) is 1. The van der Waals surface area contributed by atoms with Crippen LogP contribution in [0.4, 0.5) is 4.39 Å². The van der Waals surface area contributed by atoms with E-state index in [1.54, 1.807) is 18.2 Å². The molecule has 3 atom stereocenters. The first-order chi connectivity index (χ1) is 17.7. The monoisotopic (exact) mass is 511 g/mol. The van der Waals surface area contributed by atoms with Crippen LogP contribution in [0.5, 0.6) is 11.5 Å². The van der Waals surface area contributed by atoms with Crippen LogP contribution in [0, 0.1) is 17.2 Å². The summed E-state index contributed by atoms with van der Waals surface area (Å²) in [6.07, 6.45) is 3.23. The average Bonchev–Trinajstić information content (AvgIpc) is 2.88. The molecule has 3 aliphatic heterocycles. The van der Waals surface area contributed by atoms with Gasteiger partial charge in [0.15, 0.2) is 11.5 Å². The summed E-state index contributed by atoms with van der Waals surface area (Å²) in [5.74, 6) is -0.769. The van der Waals surface area contributed by atoms with E-state index in [0.717, 1.165) is 30.4 Å². The van der Waals surface area contributed by atoms with Gasteiger partial charge >= 0.3 is 5.97 Å². The SMILES string of the molecule is C[C@@]1(CCC(=O)O)Oc2c(O)cccc2[C@@H]2OCC3(CCN(C(=O)CCc4cccc(F)c4)CC3)C[C@H]21. The molecule has 2 aromatic carbocycles. The molecule has 198 valence electrons. The molecule has 0 bridgehead atoms. The number of aryl methyl sites for hydroxylation is 1. The Kier molecular flexibility index (Phi) is 6.88. The van der Waals surface area contributed by atoms with Crippen LogP contribution in [0.25, 0.3) is 0 Å². The second-order valence-electron chi connectivity index (χ2n) is 11.1. The number of piperidine rings is 1. The van der Waals surface area contributed by atoms with Crippen molar-refractivity contribution in [2.45, 2.75) is 63.6 Å². The van der Waals surface area contributed by atoms with Gasteiger partial charge in [-0.3, -0.25) is 9.59 Å². The Morgan fingerprint density at radius 2 is 1.89 bits per heavy atom. The zero-order chi connectivity index (χ0) is 26.2. The van der Waals surface area contributed by atoms with Gasteiger partial charge in [-0.25, -0.2) is 4.39 Å². The number of rotatable bonds is 6. The number of aromatic hydroxyl groups is 1. The van der Waals surface area contributed by atoms with E-state index in [1.165, 1.54) is 12.1 Å². The molecule has 7 nitrogen and oxygen atoms in total. The maximum Gasteiger partial charge on any atom is 0.303 e. The number of para-hydroxylation sites is 1. The van der Waals surface area contributed by atoms with Crippen molar-refractivity contribution in [3.8, 4) is 11.5 Å². The molecule has 0 aliphatic carbocycles. The first-order valence-electron chi connectivity index (χ1n) is 13.0. The number of benzene rings is 2. The molecule has 1 amide bonds. The third-order valence-corrected chi connectivity index (χ3v) is 8.57. The minimum Gasteiger partial charge on any atom is -0.504 e. The normalized spacial score (nSPS) is 26.2. The molecule has 2 aromatic rings. The Morgan fingerprint density at radius 3 is 2.62 bits per heavy atom. The highest BCUT2D eigenvalue weighted by Gasteiger charge is 2.55. The lowest BCUT2D eigenvalue weighted by atomic mass is 9.63. The summed E-state index contributed by atoms with van der Waals surface area (Å²) in [7, 11) is 0. The molecule has 1 spiro atoms. The van der Waals surface area contributed by atoms with Gasteiger partial charge in [0.1, 0.15) is 11.4 Å². The highest BCUT2D eigenvalue weighted by atomic mass is 19.1. The van der Waals surface area contributed by atoms with Crippen LogP contribution in [-0.2, 0) is 20.7 Å². The number of phenols is 1. The number of likely N-dealkylation sites (tertiary alicyclic amines) is 1. The van der Waals surface area contributed by atoms with Crippen LogP contribution in [0.15, 0.2) is 42.5 Å². The Labute approximate surface area is 216 Å². The summed E-state index contributed by atoms with van der Waals surface area (Å²) in [4.78, 5) is 26.2. The van der Waals surface area contributed by atoms with Crippen molar-refractivity contribution < 1.29 is 33.7 Å². The van der Waals surface area contributed by atoms with Crippen molar-refractivity contribution in [1.29, 1.82) is 0 Å². The van der Waals surface area contributed by atoms with Gasteiger partial charge in [0.05, 0.1) is 12.7 Å². The van der Waals surface area contributed by atoms with E-state index >= 15 is 0 Å². The summed E-state index contributed by atoms with van der Waals surface area (Å²) in [6, 6.07) is 11.6. The number of aliphatic carboxylic acids is 1. The van der Waals surface area contributed by atoms with Crippen molar-refractivity contribution in [2.24, 2.45) is 11.3 Å². The second kappa shape index (κ2) is 9.97. The van der Waals surface area contributed by atoms with Gasteiger partial charge in [0.2, 0.25) is 5.91 Å². The van der Waals surface area contributed by atoms with Gasteiger partial charge in [0.25, 0.3) is 0 Å². The van der Waals surface area contributed by atoms with Crippen LogP contribution in [0.1, 0.15) is 62.7 Å². The number of carbonyl (C=O) groups excluding carboxylic acids is 1. The number of phenolic OH excluding ortho intramolecular Hbond substituents is 1. The quantitative estimate of drug-likeness (QED) is 0.575. The molecular weight excluding hydrogens is 477 g/mol.